The van der Waals surface area contributed by atoms with Crippen LogP contribution in [0.3, 0.4) is 0 Å². The first-order chi connectivity index (χ1) is 9.20. The van der Waals surface area contributed by atoms with E-state index < -0.39 is 0 Å². The molecule has 0 atom stereocenters. The zero-order valence-electron chi connectivity index (χ0n) is 10.7. The van der Waals surface area contributed by atoms with Crippen LogP contribution >= 0.6 is 23.2 Å². The van der Waals surface area contributed by atoms with E-state index in [-0.39, 0.29) is 0 Å². The number of anilines is 1. The predicted molar refractivity (Wildman–Crippen MR) is 80.1 cm³/mol. The Labute approximate surface area is 123 Å². The first-order valence-corrected chi connectivity index (χ1v) is 6.95. The molecular formula is C14H15Cl2N3. The van der Waals surface area contributed by atoms with Gasteiger partial charge in [-0.2, -0.15) is 0 Å². The van der Waals surface area contributed by atoms with Crippen molar-refractivity contribution in [2.45, 2.75) is 19.8 Å². The highest BCUT2D eigenvalue weighted by molar-refractivity contribution is 6.32. The maximum atomic E-state index is 6.11. The molecule has 0 saturated heterocycles. The van der Waals surface area contributed by atoms with E-state index in [1.54, 1.807) is 6.20 Å². The maximum Gasteiger partial charge on any atom is 0.148 e. The summed E-state index contributed by atoms with van der Waals surface area (Å²) >= 11 is 12.2. The largest absolute Gasteiger partial charge is 0.368 e. The number of nitrogens with zero attached hydrogens (tertiary/aromatic N) is 2. The SMILES string of the molecule is CCc1ncc(Cl)c(NCCc2ccccc2Cl)n1. The molecular weight excluding hydrogens is 281 g/mol. The van der Waals surface area contributed by atoms with Crippen LogP contribution in [0, 0.1) is 0 Å². The zero-order valence-corrected chi connectivity index (χ0v) is 12.2. The van der Waals surface area contributed by atoms with E-state index in [0.29, 0.717) is 10.8 Å². The molecule has 0 bridgehead atoms. The van der Waals surface area contributed by atoms with Gasteiger partial charge in [-0.15, -0.1) is 0 Å². The van der Waals surface area contributed by atoms with Gasteiger partial charge in [0.05, 0.1) is 6.20 Å². The van der Waals surface area contributed by atoms with Gasteiger partial charge in [-0.05, 0) is 18.1 Å². The number of rotatable bonds is 5. The van der Waals surface area contributed by atoms with Gasteiger partial charge in [0.2, 0.25) is 0 Å². The van der Waals surface area contributed by atoms with Crippen LogP contribution in [-0.4, -0.2) is 16.5 Å². The molecule has 5 heteroatoms. The van der Waals surface area contributed by atoms with Crippen molar-refractivity contribution in [1.82, 2.24) is 9.97 Å². The van der Waals surface area contributed by atoms with Crippen LogP contribution in [0.5, 0.6) is 0 Å². The minimum atomic E-state index is 0.538. The number of halogens is 2. The quantitative estimate of drug-likeness (QED) is 0.906. The van der Waals surface area contributed by atoms with E-state index in [2.05, 4.69) is 15.3 Å². The molecule has 19 heavy (non-hydrogen) atoms. The van der Waals surface area contributed by atoms with Crippen molar-refractivity contribution >= 4 is 29.0 Å². The molecule has 0 aliphatic carbocycles. The monoisotopic (exact) mass is 295 g/mol. The highest BCUT2D eigenvalue weighted by atomic mass is 35.5. The molecule has 2 rings (SSSR count). The summed E-state index contributed by atoms with van der Waals surface area (Å²) in [5, 5.41) is 4.54. The second kappa shape index (κ2) is 6.73. The second-order valence-corrected chi connectivity index (χ2v) is 4.92. The van der Waals surface area contributed by atoms with Crippen molar-refractivity contribution in [1.29, 1.82) is 0 Å². The van der Waals surface area contributed by atoms with Crippen LogP contribution in [-0.2, 0) is 12.8 Å². The van der Waals surface area contributed by atoms with Gasteiger partial charge < -0.3 is 5.32 Å². The number of benzene rings is 1. The fourth-order valence-electron chi connectivity index (χ4n) is 1.71. The molecule has 0 aliphatic rings. The van der Waals surface area contributed by atoms with Crippen molar-refractivity contribution in [3.8, 4) is 0 Å². The van der Waals surface area contributed by atoms with Crippen LogP contribution in [0.15, 0.2) is 30.5 Å². The minimum absolute atomic E-state index is 0.538. The summed E-state index contributed by atoms with van der Waals surface area (Å²) < 4.78 is 0. The molecule has 1 aromatic heterocycles. The summed E-state index contributed by atoms with van der Waals surface area (Å²) in [7, 11) is 0. The Hall–Kier alpha value is -1.32. The van der Waals surface area contributed by atoms with E-state index in [4.69, 9.17) is 23.2 Å². The van der Waals surface area contributed by atoms with Crippen LogP contribution in [0.1, 0.15) is 18.3 Å². The Bertz CT molecular complexity index is 558. The maximum absolute atomic E-state index is 6.11. The third-order valence-corrected chi connectivity index (χ3v) is 3.40. The molecule has 1 aromatic carbocycles. The number of hydrogen-bond acceptors (Lipinski definition) is 3. The lowest BCUT2D eigenvalue weighted by molar-refractivity contribution is 0.925. The highest BCUT2D eigenvalue weighted by Gasteiger charge is 2.04. The molecule has 3 nitrogen and oxygen atoms in total. The van der Waals surface area contributed by atoms with E-state index in [0.717, 1.165) is 35.8 Å². The Morgan fingerprint density at radius 2 is 1.95 bits per heavy atom. The normalized spacial score (nSPS) is 10.5. The molecule has 0 amide bonds. The van der Waals surface area contributed by atoms with Crippen LogP contribution in [0.2, 0.25) is 10.0 Å². The number of aromatic nitrogens is 2. The van der Waals surface area contributed by atoms with E-state index in [9.17, 15) is 0 Å². The summed E-state index contributed by atoms with van der Waals surface area (Å²) in [5.74, 6) is 1.46. The van der Waals surface area contributed by atoms with Crippen molar-refractivity contribution < 1.29 is 0 Å². The molecule has 0 fully saturated rings. The van der Waals surface area contributed by atoms with Gasteiger partial charge in [-0.1, -0.05) is 48.3 Å². The smallest absolute Gasteiger partial charge is 0.148 e. The van der Waals surface area contributed by atoms with Gasteiger partial charge in [0.25, 0.3) is 0 Å². The second-order valence-electron chi connectivity index (χ2n) is 4.10. The summed E-state index contributed by atoms with van der Waals surface area (Å²) in [4.78, 5) is 8.49. The Kier molecular flexibility index (Phi) is 5.00. The summed E-state index contributed by atoms with van der Waals surface area (Å²) in [6.45, 7) is 2.74. The standard InChI is InChI=1S/C14H15Cl2N3/c1-2-13-18-9-12(16)14(19-13)17-8-7-10-5-3-4-6-11(10)15/h3-6,9H,2,7-8H2,1H3,(H,17,18,19). The van der Waals surface area contributed by atoms with Crippen molar-refractivity contribution in [2.75, 3.05) is 11.9 Å². The molecule has 1 heterocycles. The topological polar surface area (TPSA) is 37.8 Å². The average molecular weight is 296 g/mol. The fraction of sp³-hybridized carbons (Fsp3) is 0.286. The van der Waals surface area contributed by atoms with Gasteiger partial charge in [0, 0.05) is 18.0 Å². The number of nitrogens with one attached hydrogen (secondary N) is 1. The van der Waals surface area contributed by atoms with E-state index in [1.807, 2.05) is 31.2 Å². The molecule has 2 aromatic rings. The lowest BCUT2D eigenvalue weighted by atomic mass is 10.1. The van der Waals surface area contributed by atoms with Crippen LogP contribution < -0.4 is 5.32 Å². The van der Waals surface area contributed by atoms with Crippen LogP contribution in [0.25, 0.3) is 0 Å². The predicted octanol–water partition coefficient (Wildman–Crippen LogP) is 4.00. The molecule has 100 valence electrons. The molecule has 0 saturated carbocycles. The third-order valence-electron chi connectivity index (χ3n) is 2.75. The van der Waals surface area contributed by atoms with Crippen molar-refractivity contribution in [3.05, 3.63) is 51.9 Å². The first kappa shape index (κ1) is 14.1. The lowest BCUT2D eigenvalue weighted by Gasteiger charge is -2.09. The zero-order chi connectivity index (χ0) is 13.7. The number of aryl methyl sites for hydroxylation is 1. The summed E-state index contributed by atoms with van der Waals surface area (Å²) in [6, 6.07) is 7.81. The molecule has 1 N–H and O–H groups in total. The van der Waals surface area contributed by atoms with E-state index >= 15 is 0 Å². The average Bonchev–Trinajstić information content (AvgIpc) is 2.43. The molecule has 0 spiro atoms. The Balaban J connectivity index is 1.98. The van der Waals surface area contributed by atoms with Crippen molar-refractivity contribution in [3.63, 3.8) is 0 Å². The Morgan fingerprint density at radius 1 is 1.16 bits per heavy atom. The highest BCUT2D eigenvalue weighted by Crippen LogP contribution is 2.19. The Morgan fingerprint density at radius 3 is 2.68 bits per heavy atom. The summed E-state index contributed by atoms with van der Waals surface area (Å²) in [5.41, 5.74) is 1.11. The van der Waals surface area contributed by atoms with Gasteiger partial charge >= 0.3 is 0 Å². The third kappa shape index (κ3) is 3.82. The van der Waals surface area contributed by atoms with Gasteiger partial charge in [-0.3, -0.25) is 0 Å². The van der Waals surface area contributed by atoms with Gasteiger partial charge in [0.1, 0.15) is 16.7 Å². The first-order valence-electron chi connectivity index (χ1n) is 6.19. The van der Waals surface area contributed by atoms with Gasteiger partial charge in [0.15, 0.2) is 0 Å². The van der Waals surface area contributed by atoms with Crippen molar-refractivity contribution in [2.24, 2.45) is 0 Å². The molecule has 0 radical (unpaired) electrons. The van der Waals surface area contributed by atoms with Gasteiger partial charge in [-0.25, -0.2) is 9.97 Å². The van der Waals surface area contributed by atoms with Crippen LogP contribution in [0.4, 0.5) is 5.82 Å². The molecule has 0 unspecified atom stereocenters. The minimum Gasteiger partial charge on any atom is -0.368 e. The lowest BCUT2D eigenvalue weighted by Crippen LogP contribution is -2.08. The summed E-state index contributed by atoms with van der Waals surface area (Å²) in [6.07, 6.45) is 3.24. The van der Waals surface area contributed by atoms with E-state index in [1.165, 1.54) is 0 Å². The fourth-order valence-corrected chi connectivity index (χ4v) is 2.10. The molecule has 0 aliphatic heterocycles. The number of hydrogen-bond donors (Lipinski definition) is 1.